The van der Waals surface area contributed by atoms with Gasteiger partial charge in [0.15, 0.2) is 0 Å². The zero-order valence-corrected chi connectivity index (χ0v) is 15.7. The summed E-state index contributed by atoms with van der Waals surface area (Å²) >= 11 is 3.70. The maximum atomic E-state index is 13.4. The van der Waals surface area contributed by atoms with Crippen molar-refractivity contribution in [3.63, 3.8) is 0 Å². The van der Waals surface area contributed by atoms with E-state index in [0.717, 1.165) is 12.8 Å². The first-order valence-corrected chi connectivity index (χ1v) is 10.3. The van der Waals surface area contributed by atoms with Crippen molar-refractivity contribution in [2.24, 2.45) is 0 Å². The Kier molecular flexibility index (Phi) is 4.78. The second-order valence-corrected chi connectivity index (χ2v) is 8.34. The Labute approximate surface area is 156 Å². The Morgan fingerprint density at radius 2 is 1.80 bits per heavy atom. The van der Waals surface area contributed by atoms with Crippen molar-refractivity contribution in [3.8, 4) is 0 Å². The molecule has 126 valence electrons. The molecule has 0 radical (unpaired) electrons. The minimum Gasteiger partial charge on any atom is -0.207 e. The molecular weight excluding hydrogens is 347 g/mol. The summed E-state index contributed by atoms with van der Waals surface area (Å²) in [5, 5.41) is 2.44. The zero-order valence-electron chi connectivity index (χ0n) is 14.0. The van der Waals surface area contributed by atoms with Gasteiger partial charge in [-0.05, 0) is 64.8 Å². The molecule has 4 rings (SSSR count). The molecule has 2 aromatic carbocycles. The normalized spacial score (nSPS) is 17.3. The summed E-state index contributed by atoms with van der Waals surface area (Å²) in [7, 11) is 0. The Bertz CT molecular complexity index is 892. The second kappa shape index (κ2) is 7.19. The lowest BCUT2D eigenvalue weighted by molar-refractivity contribution is 0.627. The van der Waals surface area contributed by atoms with E-state index in [0.29, 0.717) is 5.25 Å². The third kappa shape index (κ3) is 3.31. The van der Waals surface area contributed by atoms with Gasteiger partial charge in [-0.25, -0.2) is 4.39 Å². The van der Waals surface area contributed by atoms with Crippen LogP contribution in [0.3, 0.4) is 0 Å². The fourth-order valence-corrected chi connectivity index (χ4v) is 5.59. The van der Waals surface area contributed by atoms with Crippen LogP contribution in [0.4, 0.5) is 4.39 Å². The molecule has 0 amide bonds. The molecular formula is C22H19FS2. The highest BCUT2D eigenvalue weighted by Gasteiger charge is 2.25. The topological polar surface area (TPSA) is 0 Å². The number of fused-ring (bicyclic) bond motifs is 1. The van der Waals surface area contributed by atoms with Gasteiger partial charge in [0.2, 0.25) is 0 Å². The van der Waals surface area contributed by atoms with Crippen molar-refractivity contribution in [1.82, 2.24) is 0 Å². The first kappa shape index (κ1) is 16.6. The summed E-state index contributed by atoms with van der Waals surface area (Å²) in [4.78, 5) is 2.67. The van der Waals surface area contributed by atoms with E-state index in [1.54, 1.807) is 23.5 Å². The van der Waals surface area contributed by atoms with Crippen LogP contribution < -0.4 is 0 Å². The third-order valence-corrected chi connectivity index (χ3v) is 6.91. The lowest BCUT2D eigenvalue weighted by Gasteiger charge is -2.17. The molecule has 0 spiro atoms. The van der Waals surface area contributed by atoms with E-state index in [1.807, 2.05) is 23.9 Å². The van der Waals surface area contributed by atoms with Gasteiger partial charge in [-0.3, -0.25) is 0 Å². The molecule has 1 aliphatic heterocycles. The van der Waals surface area contributed by atoms with Crippen LogP contribution in [0.1, 0.15) is 41.0 Å². The van der Waals surface area contributed by atoms with Gasteiger partial charge in [-0.15, -0.1) is 23.1 Å². The van der Waals surface area contributed by atoms with Crippen LogP contribution in [-0.4, -0.2) is 0 Å². The lowest BCUT2D eigenvalue weighted by Crippen LogP contribution is -1.96. The third-order valence-electron chi connectivity index (χ3n) is 4.65. The smallest absolute Gasteiger partial charge is 0.123 e. The van der Waals surface area contributed by atoms with Gasteiger partial charge in [-0.2, -0.15) is 0 Å². The Morgan fingerprint density at radius 3 is 2.52 bits per heavy atom. The van der Waals surface area contributed by atoms with Crippen LogP contribution in [0, 0.1) is 5.82 Å². The van der Waals surface area contributed by atoms with Crippen LogP contribution in [0.2, 0.25) is 0 Å². The van der Waals surface area contributed by atoms with Crippen molar-refractivity contribution >= 4 is 34.2 Å². The molecule has 1 aromatic heterocycles. The number of thiophene rings is 1. The fraction of sp³-hybridized carbons (Fsp3) is 0.182. The average molecular weight is 367 g/mol. The Balaban J connectivity index is 1.87. The maximum Gasteiger partial charge on any atom is 0.123 e. The molecule has 3 heteroatoms. The molecule has 25 heavy (non-hydrogen) atoms. The molecule has 0 aliphatic carbocycles. The number of benzene rings is 2. The van der Waals surface area contributed by atoms with Gasteiger partial charge in [-0.1, -0.05) is 43.3 Å². The summed E-state index contributed by atoms with van der Waals surface area (Å²) in [6.45, 7) is 2.24. The number of thioether (sulfide) groups is 1. The molecule has 0 fully saturated rings. The summed E-state index contributed by atoms with van der Waals surface area (Å²) in [5.41, 5.74) is 5.41. The van der Waals surface area contributed by atoms with E-state index in [1.165, 1.54) is 32.0 Å². The highest BCUT2D eigenvalue weighted by atomic mass is 32.2. The Hall–Kier alpha value is -1.84. The SMILES string of the molecule is CCC1=C(c2cccs2)CC(c2ccc(F)cc2)Sc2ccccc21. The minimum atomic E-state index is -0.175. The quantitative estimate of drug-likeness (QED) is 0.464. The Morgan fingerprint density at radius 1 is 1.00 bits per heavy atom. The van der Waals surface area contributed by atoms with Crippen molar-refractivity contribution < 1.29 is 4.39 Å². The monoisotopic (exact) mass is 366 g/mol. The highest BCUT2D eigenvalue weighted by molar-refractivity contribution is 7.99. The van der Waals surface area contributed by atoms with E-state index in [9.17, 15) is 4.39 Å². The van der Waals surface area contributed by atoms with E-state index in [-0.39, 0.29) is 5.82 Å². The van der Waals surface area contributed by atoms with Crippen molar-refractivity contribution in [1.29, 1.82) is 0 Å². The van der Waals surface area contributed by atoms with Crippen LogP contribution in [0.25, 0.3) is 11.1 Å². The molecule has 1 atom stereocenters. The van der Waals surface area contributed by atoms with E-state index in [4.69, 9.17) is 0 Å². The van der Waals surface area contributed by atoms with Gasteiger partial charge < -0.3 is 0 Å². The molecule has 0 saturated carbocycles. The summed E-state index contributed by atoms with van der Waals surface area (Å²) in [6, 6.07) is 20.0. The number of halogens is 1. The van der Waals surface area contributed by atoms with Crippen LogP contribution in [0.15, 0.2) is 70.9 Å². The standard InChI is InChI=1S/C22H19FS2/c1-2-17-18-6-3-4-7-21(18)25-22(15-9-11-16(23)12-10-15)14-19(17)20-8-5-13-24-20/h3-13,22H,2,14H2,1H3. The van der Waals surface area contributed by atoms with Gasteiger partial charge in [0.1, 0.15) is 5.82 Å². The van der Waals surface area contributed by atoms with E-state index >= 15 is 0 Å². The van der Waals surface area contributed by atoms with E-state index < -0.39 is 0 Å². The molecule has 1 aliphatic rings. The average Bonchev–Trinajstić information content (AvgIpc) is 3.11. The van der Waals surface area contributed by atoms with Gasteiger partial charge in [0.05, 0.1) is 0 Å². The van der Waals surface area contributed by atoms with Gasteiger partial charge >= 0.3 is 0 Å². The summed E-state index contributed by atoms with van der Waals surface area (Å²) < 4.78 is 13.4. The first-order chi connectivity index (χ1) is 12.3. The molecule has 2 heterocycles. The van der Waals surface area contributed by atoms with Crippen molar-refractivity contribution in [2.75, 3.05) is 0 Å². The highest BCUT2D eigenvalue weighted by Crippen LogP contribution is 2.50. The first-order valence-electron chi connectivity index (χ1n) is 8.53. The molecule has 0 N–H and O–H groups in total. The number of rotatable bonds is 3. The largest absolute Gasteiger partial charge is 0.207 e. The van der Waals surface area contributed by atoms with Gasteiger partial charge in [0.25, 0.3) is 0 Å². The summed E-state index contributed by atoms with van der Waals surface area (Å²) in [5.74, 6) is -0.175. The molecule has 3 aromatic rings. The predicted octanol–water partition coefficient (Wildman–Crippen LogP) is 7.45. The van der Waals surface area contributed by atoms with Crippen LogP contribution in [0.5, 0.6) is 0 Å². The molecule has 0 bridgehead atoms. The number of allylic oxidation sites excluding steroid dienone is 2. The second-order valence-electron chi connectivity index (χ2n) is 6.15. The molecule has 1 unspecified atom stereocenters. The number of hydrogen-bond donors (Lipinski definition) is 0. The predicted molar refractivity (Wildman–Crippen MR) is 107 cm³/mol. The minimum absolute atomic E-state index is 0.175. The van der Waals surface area contributed by atoms with Gasteiger partial charge in [0, 0.05) is 15.0 Å². The van der Waals surface area contributed by atoms with Crippen LogP contribution in [-0.2, 0) is 0 Å². The summed E-state index contributed by atoms with van der Waals surface area (Å²) in [6.07, 6.45) is 1.98. The zero-order chi connectivity index (χ0) is 17.2. The number of hydrogen-bond acceptors (Lipinski definition) is 2. The maximum absolute atomic E-state index is 13.4. The molecule has 0 saturated heterocycles. The fourth-order valence-electron chi connectivity index (χ4n) is 3.45. The van der Waals surface area contributed by atoms with Crippen molar-refractivity contribution in [3.05, 3.63) is 87.9 Å². The van der Waals surface area contributed by atoms with E-state index in [2.05, 4.69) is 48.7 Å². The molecule has 0 nitrogen and oxygen atoms in total. The lowest BCUT2D eigenvalue weighted by atomic mass is 9.92. The van der Waals surface area contributed by atoms with Crippen molar-refractivity contribution in [2.45, 2.75) is 29.9 Å². The van der Waals surface area contributed by atoms with Crippen LogP contribution >= 0.6 is 23.1 Å².